The Morgan fingerprint density at radius 3 is 1.27 bits per heavy atom. The van der Waals surface area contributed by atoms with E-state index in [1.54, 1.807) is 0 Å². The second-order valence-corrected chi connectivity index (χ2v) is 6.15. The van der Waals surface area contributed by atoms with Gasteiger partial charge in [0.15, 0.2) is 6.29 Å². The number of unbranched alkanes of at least 4 members (excludes halogenated alkanes) is 1. The van der Waals surface area contributed by atoms with E-state index in [-0.39, 0.29) is 13.2 Å². The van der Waals surface area contributed by atoms with E-state index in [2.05, 4.69) is 6.92 Å². The van der Waals surface area contributed by atoms with Crippen molar-refractivity contribution in [2.45, 2.75) is 26.1 Å². The Morgan fingerprint density at radius 2 is 0.900 bits per heavy atom. The third kappa shape index (κ3) is 25.6. The fraction of sp³-hybridized carbons (Fsp3) is 1.00. The van der Waals surface area contributed by atoms with E-state index in [1.165, 1.54) is 0 Å². The van der Waals surface area contributed by atoms with Gasteiger partial charge in [0.2, 0.25) is 0 Å². The lowest BCUT2D eigenvalue weighted by Gasteiger charge is -2.12. The molecule has 0 aliphatic rings. The summed E-state index contributed by atoms with van der Waals surface area (Å²) in [6.45, 7) is 8.92. The molecule has 1 atom stereocenters. The molecule has 0 heterocycles. The first-order valence-corrected chi connectivity index (χ1v) is 10.8. The van der Waals surface area contributed by atoms with Crippen molar-refractivity contribution < 1.29 is 48.1 Å². The lowest BCUT2D eigenvalue weighted by Crippen LogP contribution is -2.21. The second-order valence-electron chi connectivity index (χ2n) is 6.15. The molecule has 0 rings (SSSR count). The molecular weight excluding hydrogens is 400 g/mol. The molecule has 10 nitrogen and oxygen atoms in total. The third-order valence-corrected chi connectivity index (χ3v) is 3.54. The quantitative estimate of drug-likeness (QED) is 0.142. The summed E-state index contributed by atoms with van der Waals surface area (Å²) in [5, 5.41) is 18.0. The lowest BCUT2D eigenvalue weighted by atomic mass is 10.4. The van der Waals surface area contributed by atoms with Crippen LogP contribution in [0.15, 0.2) is 0 Å². The molecule has 10 heteroatoms. The van der Waals surface area contributed by atoms with Crippen molar-refractivity contribution >= 4 is 0 Å². The summed E-state index contributed by atoms with van der Waals surface area (Å²) in [4.78, 5) is 0. The molecule has 0 saturated carbocycles. The van der Waals surface area contributed by atoms with E-state index in [0.29, 0.717) is 92.5 Å². The van der Waals surface area contributed by atoms with Crippen molar-refractivity contribution in [1.29, 1.82) is 0 Å². The van der Waals surface area contributed by atoms with Crippen LogP contribution in [0.25, 0.3) is 0 Å². The first kappa shape index (κ1) is 29.6. The van der Waals surface area contributed by atoms with Gasteiger partial charge in [-0.2, -0.15) is 0 Å². The van der Waals surface area contributed by atoms with E-state index >= 15 is 0 Å². The second kappa shape index (κ2) is 26.6. The molecule has 0 fully saturated rings. The molecule has 0 radical (unpaired) electrons. The minimum absolute atomic E-state index is 0.0274. The Morgan fingerprint density at radius 1 is 0.533 bits per heavy atom. The Balaban J connectivity index is 3.05. The number of hydrogen-bond donors (Lipinski definition) is 2. The van der Waals surface area contributed by atoms with Crippen LogP contribution in [-0.4, -0.2) is 122 Å². The largest absolute Gasteiger partial charge is 0.394 e. The molecule has 0 aliphatic heterocycles. The van der Waals surface area contributed by atoms with E-state index < -0.39 is 6.29 Å². The Hall–Kier alpha value is -0.400. The molecule has 0 aromatic heterocycles. The molecule has 30 heavy (non-hydrogen) atoms. The average Bonchev–Trinajstić information content (AvgIpc) is 2.75. The maximum Gasteiger partial charge on any atom is 0.178 e. The molecule has 1 unspecified atom stereocenters. The minimum Gasteiger partial charge on any atom is -0.394 e. The summed E-state index contributed by atoms with van der Waals surface area (Å²) in [6.07, 6.45) is 1.09. The molecule has 0 saturated heterocycles. The summed E-state index contributed by atoms with van der Waals surface area (Å²) in [6, 6.07) is 0. The highest BCUT2D eigenvalue weighted by Gasteiger charge is 2.03. The zero-order valence-corrected chi connectivity index (χ0v) is 18.5. The van der Waals surface area contributed by atoms with Gasteiger partial charge in [-0.1, -0.05) is 13.3 Å². The number of rotatable bonds is 26. The predicted molar refractivity (Wildman–Crippen MR) is 110 cm³/mol. The molecule has 0 aromatic carbocycles. The fourth-order valence-corrected chi connectivity index (χ4v) is 1.98. The number of ether oxygens (including phenoxy) is 8. The highest BCUT2D eigenvalue weighted by atomic mass is 16.6. The summed E-state index contributed by atoms with van der Waals surface area (Å²) < 4.78 is 42.3. The maximum atomic E-state index is 9.49. The van der Waals surface area contributed by atoms with Crippen LogP contribution in [0, 0.1) is 0 Å². The van der Waals surface area contributed by atoms with Gasteiger partial charge >= 0.3 is 0 Å². The van der Waals surface area contributed by atoms with Crippen molar-refractivity contribution in [3.63, 3.8) is 0 Å². The summed E-state index contributed by atoms with van der Waals surface area (Å²) in [5.74, 6) is 0. The van der Waals surface area contributed by atoms with Gasteiger partial charge < -0.3 is 48.1 Å². The summed E-state index contributed by atoms with van der Waals surface area (Å²) >= 11 is 0. The van der Waals surface area contributed by atoms with Crippen molar-refractivity contribution in [3.8, 4) is 0 Å². The van der Waals surface area contributed by atoms with Crippen molar-refractivity contribution in [1.82, 2.24) is 0 Å². The van der Waals surface area contributed by atoms with E-state index in [0.717, 1.165) is 12.8 Å². The summed E-state index contributed by atoms with van der Waals surface area (Å²) in [5.41, 5.74) is 0. The first-order chi connectivity index (χ1) is 14.8. The van der Waals surface area contributed by atoms with Gasteiger partial charge in [0.1, 0.15) is 0 Å². The first-order valence-electron chi connectivity index (χ1n) is 10.8. The van der Waals surface area contributed by atoms with E-state index in [9.17, 15) is 5.11 Å². The summed E-state index contributed by atoms with van der Waals surface area (Å²) in [7, 11) is 0. The number of aliphatic hydroxyl groups is 2. The van der Waals surface area contributed by atoms with Crippen LogP contribution < -0.4 is 0 Å². The number of aliphatic hydroxyl groups excluding tert-OH is 2. The predicted octanol–water partition coefficient (Wildman–Crippen LogP) is 0.230. The van der Waals surface area contributed by atoms with Crippen LogP contribution in [0.4, 0.5) is 0 Å². The Labute approximate surface area is 180 Å². The Bertz CT molecular complexity index is 309. The normalized spacial score (nSPS) is 12.5. The van der Waals surface area contributed by atoms with Gasteiger partial charge in [0.25, 0.3) is 0 Å². The van der Waals surface area contributed by atoms with Crippen LogP contribution in [-0.2, 0) is 37.9 Å². The molecular formula is C20H42O10. The zero-order valence-electron chi connectivity index (χ0n) is 18.5. The van der Waals surface area contributed by atoms with Crippen LogP contribution >= 0.6 is 0 Å². The number of hydrogen-bond acceptors (Lipinski definition) is 10. The molecule has 0 spiro atoms. The zero-order chi connectivity index (χ0) is 22.0. The Kier molecular flexibility index (Phi) is 26.3. The molecule has 0 amide bonds. The average molecular weight is 443 g/mol. The van der Waals surface area contributed by atoms with Crippen molar-refractivity contribution in [3.05, 3.63) is 0 Å². The van der Waals surface area contributed by atoms with Crippen molar-refractivity contribution in [2.75, 3.05) is 106 Å². The van der Waals surface area contributed by atoms with E-state index in [1.807, 2.05) is 0 Å². The van der Waals surface area contributed by atoms with E-state index in [4.69, 9.17) is 43.0 Å². The molecule has 0 aliphatic carbocycles. The van der Waals surface area contributed by atoms with Gasteiger partial charge in [-0.25, -0.2) is 0 Å². The minimum atomic E-state index is -0.874. The van der Waals surface area contributed by atoms with Gasteiger partial charge in [0.05, 0.1) is 99.1 Å². The molecule has 182 valence electrons. The monoisotopic (exact) mass is 442 g/mol. The SMILES string of the molecule is CCCCOC(O)COCCOCCOCCOCCOCCOCCOCCO. The van der Waals surface area contributed by atoms with Gasteiger partial charge in [0, 0.05) is 6.61 Å². The van der Waals surface area contributed by atoms with Crippen LogP contribution in [0.3, 0.4) is 0 Å². The van der Waals surface area contributed by atoms with Crippen molar-refractivity contribution in [2.24, 2.45) is 0 Å². The lowest BCUT2D eigenvalue weighted by molar-refractivity contribution is -0.141. The highest BCUT2D eigenvalue weighted by molar-refractivity contribution is 4.41. The molecule has 0 bridgehead atoms. The fourth-order valence-electron chi connectivity index (χ4n) is 1.98. The molecule has 2 N–H and O–H groups in total. The topological polar surface area (TPSA) is 114 Å². The third-order valence-electron chi connectivity index (χ3n) is 3.54. The van der Waals surface area contributed by atoms with Crippen LogP contribution in [0.2, 0.25) is 0 Å². The van der Waals surface area contributed by atoms with Gasteiger partial charge in [-0.05, 0) is 6.42 Å². The van der Waals surface area contributed by atoms with Crippen LogP contribution in [0.5, 0.6) is 0 Å². The smallest absolute Gasteiger partial charge is 0.178 e. The standard InChI is InChI=1S/C20H42O10/c1-2-3-5-30-20(22)19-29-18-17-28-16-15-27-14-13-26-12-11-25-10-9-24-8-7-23-6-4-21/h20-22H,2-19H2,1H3. The van der Waals surface area contributed by atoms with Gasteiger partial charge in [-0.15, -0.1) is 0 Å². The van der Waals surface area contributed by atoms with Gasteiger partial charge in [-0.3, -0.25) is 0 Å². The molecule has 0 aromatic rings. The highest BCUT2D eigenvalue weighted by Crippen LogP contribution is 1.94. The maximum absolute atomic E-state index is 9.49. The van der Waals surface area contributed by atoms with Crippen LogP contribution in [0.1, 0.15) is 19.8 Å².